The Kier molecular flexibility index (Phi) is 4.83. The molecule has 0 aliphatic heterocycles. The molecule has 0 spiro atoms. The second kappa shape index (κ2) is 6.41. The summed E-state index contributed by atoms with van der Waals surface area (Å²) in [6.07, 6.45) is 2.84. The van der Waals surface area contributed by atoms with Crippen LogP contribution in [0.1, 0.15) is 29.6 Å². The lowest BCUT2D eigenvalue weighted by Gasteiger charge is -2.11. The molecular formula is C13H14Cl2N2O3. The molecule has 0 aromatic heterocycles. The summed E-state index contributed by atoms with van der Waals surface area (Å²) < 4.78 is 0. The summed E-state index contributed by atoms with van der Waals surface area (Å²) in [6.45, 7) is 0.530. The Morgan fingerprint density at radius 1 is 1.40 bits per heavy atom. The molecule has 2 unspecified atom stereocenters. The van der Waals surface area contributed by atoms with E-state index in [1.165, 1.54) is 18.2 Å². The van der Waals surface area contributed by atoms with E-state index in [0.29, 0.717) is 12.5 Å². The Balaban J connectivity index is 2.00. The van der Waals surface area contributed by atoms with E-state index in [1.54, 1.807) is 0 Å². The molecule has 1 aliphatic carbocycles. The number of alkyl halides is 1. The van der Waals surface area contributed by atoms with Crippen molar-refractivity contribution in [2.45, 2.75) is 24.6 Å². The van der Waals surface area contributed by atoms with Crippen LogP contribution in [0.5, 0.6) is 0 Å². The van der Waals surface area contributed by atoms with E-state index in [0.717, 1.165) is 19.3 Å². The van der Waals surface area contributed by atoms with Crippen molar-refractivity contribution in [3.05, 3.63) is 38.9 Å². The first kappa shape index (κ1) is 15.1. The molecule has 2 atom stereocenters. The Morgan fingerprint density at radius 3 is 2.75 bits per heavy atom. The van der Waals surface area contributed by atoms with Gasteiger partial charge in [0.05, 0.1) is 4.92 Å². The van der Waals surface area contributed by atoms with Gasteiger partial charge < -0.3 is 5.32 Å². The molecule has 0 bridgehead atoms. The highest BCUT2D eigenvalue weighted by molar-refractivity contribution is 6.31. The molecule has 2 rings (SSSR count). The van der Waals surface area contributed by atoms with Crippen LogP contribution in [0.2, 0.25) is 5.02 Å². The Bertz CT molecular complexity index is 536. The van der Waals surface area contributed by atoms with Crippen LogP contribution in [0.3, 0.4) is 0 Å². The van der Waals surface area contributed by atoms with Gasteiger partial charge in [0.2, 0.25) is 0 Å². The van der Waals surface area contributed by atoms with Gasteiger partial charge in [0, 0.05) is 34.6 Å². The quantitative estimate of drug-likeness (QED) is 0.525. The molecule has 1 fully saturated rings. The van der Waals surface area contributed by atoms with E-state index in [4.69, 9.17) is 23.2 Å². The van der Waals surface area contributed by atoms with E-state index in [1.807, 2.05) is 0 Å². The third kappa shape index (κ3) is 3.84. The molecule has 108 valence electrons. The molecule has 1 aliphatic rings. The minimum absolute atomic E-state index is 0.172. The van der Waals surface area contributed by atoms with E-state index < -0.39 is 4.92 Å². The van der Waals surface area contributed by atoms with Gasteiger partial charge in [0.1, 0.15) is 0 Å². The third-order valence-electron chi connectivity index (χ3n) is 3.38. The maximum absolute atomic E-state index is 12.0. The van der Waals surface area contributed by atoms with Gasteiger partial charge in [0.25, 0.3) is 11.6 Å². The standard InChI is InChI=1S/C13H14Cl2N2O3/c14-10-2-1-8(3-10)7-16-13(18)9-4-11(15)6-12(5-9)17(19)20/h4-6,8,10H,1-3,7H2,(H,16,18). The number of nitrogens with one attached hydrogen (secondary N) is 1. The molecule has 20 heavy (non-hydrogen) atoms. The molecule has 0 radical (unpaired) electrons. The number of halogens is 2. The lowest BCUT2D eigenvalue weighted by Crippen LogP contribution is -2.28. The molecule has 1 aromatic carbocycles. The zero-order valence-electron chi connectivity index (χ0n) is 10.6. The average Bonchev–Trinajstić information content (AvgIpc) is 2.81. The lowest BCUT2D eigenvalue weighted by atomic mass is 10.1. The Morgan fingerprint density at radius 2 is 2.15 bits per heavy atom. The predicted octanol–water partition coefficient (Wildman–Crippen LogP) is 3.39. The van der Waals surface area contributed by atoms with Crippen molar-refractivity contribution in [3.8, 4) is 0 Å². The smallest absolute Gasteiger partial charge is 0.271 e. The fourth-order valence-corrected chi connectivity index (χ4v) is 2.96. The van der Waals surface area contributed by atoms with Crippen LogP contribution in [0, 0.1) is 16.0 Å². The fraction of sp³-hybridized carbons (Fsp3) is 0.462. The minimum atomic E-state index is -0.572. The molecule has 0 saturated heterocycles. The summed E-state index contributed by atoms with van der Waals surface area (Å²) in [5, 5.41) is 13.9. The van der Waals surface area contributed by atoms with Gasteiger partial charge in [-0.1, -0.05) is 11.6 Å². The first-order valence-electron chi connectivity index (χ1n) is 6.33. The number of nitro groups is 1. The maximum Gasteiger partial charge on any atom is 0.271 e. The lowest BCUT2D eigenvalue weighted by molar-refractivity contribution is -0.384. The van der Waals surface area contributed by atoms with E-state index in [-0.39, 0.29) is 27.6 Å². The SMILES string of the molecule is O=C(NCC1CCC(Cl)C1)c1cc(Cl)cc([N+](=O)[O-])c1. The summed E-state index contributed by atoms with van der Waals surface area (Å²) in [5.41, 5.74) is 0.00830. The molecule has 5 nitrogen and oxygen atoms in total. The van der Waals surface area contributed by atoms with Crippen molar-refractivity contribution < 1.29 is 9.72 Å². The van der Waals surface area contributed by atoms with Gasteiger partial charge in [-0.2, -0.15) is 0 Å². The van der Waals surface area contributed by atoms with Gasteiger partial charge in [-0.3, -0.25) is 14.9 Å². The van der Waals surface area contributed by atoms with E-state index in [2.05, 4.69) is 5.32 Å². The normalized spacial score (nSPS) is 21.7. The van der Waals surface area contributed by atoms with Gasteiger partial charge in [0.15, 0.2) is 0 Å². The number of hydrogen-bond donors (Lipinski definition) is 1. The van der Waals surface area contributed by atoms with Crippen molar-refractivity contribution in [2.24, 2.45) is 5.92 Å². The van der Waals surface area contributed by atoms with Crippen molar-refractivity contribution in [3.63, 3.8) is 0 Å². The topological polar surface area (TPSA) is 72.2 Å². The number of hydrogen-bond acceptors (Lipinski definition) is 3. The predicted molar refractivity (Wildman–Crippen MR) is 77.4 cm³/mol. The summed E-state index contributed by atoms with van der Waals surface area (Å²) in [4.78, 5) is 22.1. The van der Waals surface area contributed by atoms with Gasteiger partial charge in [-0.25, -0.2) is 0 Å². The number of carbonyl (C=O) groups excluding carboxylic acids is 1. The molecule has 1 aromatic rings. The highest BCUT2D eigenvalue weighted by Crippen LogP contribution is 2.29. The van der Waals surface area contributed by atoms with Gasteiger partial charge >= 0.3 is 0 Å². The molecule has 1 saturated carbocycles. The van der Waals surface area contributed by atoms with Crippen molar-refractivity contribution in [1.29, 1.82) is 0 Å². The van der Waals surface area contributed by atoms with Gasteiger partial charge in [-0.15, -0.1) is 11.6 Å². The highest BCUT2D eigenvalue weighted by Gasteiger charge is 2.23. The molecule has 7 heteroatoms. The summed E-state index contributed by atoms with van der Waals surface area (Å²) in [5.74, 6) is 0.0178. The largest absolute Gasteiger partial charge is 0.352 e. The fourth-order valence-electron chi connectivity index (χ4n) is 2.35. The van der Waals surface area contributed by atoms with Crippen LogP contribution in [0.25, 0.3) is 0 Å². The number of benzene rings is 1. The molecule has 1 N–H and O–H groups in total. The summed E-state index contributed by atoms with van der Waals surface area (Å²) >= 11 is 11.8. The van der Waals surface area contributed by atoms with Crippen molar-refractivity contribution >= 4 is 34.8 Å². The summed E-state index contributed by atoms with van der Waals surface area (Å²) in [6, 6.07) is 3.86. The van der Waals surface area contributed by atoms with Crippen LogP contribution in [-0.2, 0) is 0 Å². The highest BCUT2D eigenvalue weighted by atomic mass is 35.5. The van der Waals surface area contributed by atoms with Crippen LogP contribution in [0.15, 0.2) is 18.2 Å². The number of non-ortho nitro benzene ring substituents is 1. The summed E-state index contributed by atoms with van der Waals surface area (Å²) in [7, 11) is 0. The Labute approximate surface area is 126 Å². The zero-order chi connectivity index (χ0) is 14.7. The van der Waals surface area contributed by atoms with Crippen molar-refractivity contribution in [1.82, 2.24) is 5.32 Å². The van der Waals surface area contributed by atoms with Crippen LogP contribution >= 0.6 is 23.2 Å². The Hall–Kier alpha value is -1.33. The zero-order valence-corrected chi connectivity index (χ0v) is 12.2. The van der Waals surface area contributed by atoms with Crippen molar-refractivity contribution in [2.75, 3.05) is 6.54 Å². The maximum atomic E-state index is 12.0. The first-order valence-corrected chi connectivity index (χ1v) is 7.14. The van der Waals surface area contributed by atoms with Crippen LogP contribution in [-0.4, -0.2) is 22.8 Å². The van der Waals surface area contributed by atoms with Gasteiger partial charge in [-0.05, 0) is 31.2 Å². The molecular weight excluding hydrogens is 303 g/mol. The molecule has 0 heterocycles. The average molecular weight is 317 g/mol. The first-order chi connectivity index (χ1) is 9.45. The second-order valence-corrected chi connectivity index (χ2v) is 6.00. The number of nitro benzene ring substituents is 1. The monoisotopic (exact) mass is 316 g/mol. The van der Waals surface area contributed by atoms with Crippen LogP contribution < -0.4 is 5.32 Å². The van der Waals surface area contributed by atoms with Crippen LogP contribution in [0.4, 0.5) is 5.69 Å². The van der Waals surface area contributed by atoms with E-state index >= 15 is 0 Å². The number of amides is 1. The minimum Gasteiger partial charge on any atom is -0.352 e. The number of nitrogens with zero attached hydrogens (tertiary/aromatic N) is 1. The second-order valence-electron chi connectivity index (χ2n) is 4.94. The number of carbonyl (C=O) groups is 1. The number of rotatable bonds is 4. The third-order valence-corrected chi connectivity index (χ3v) is 4.00. The van der Waals surface area contributed by atoms with E-state index in [9.17, 15) is 14.9 Å². The molecule has 1 amide bonds.